The lowest BCUT2D eigenvalue weighted by atomic mass is 9.95. The van der Waals surface area contributed by atoms with Crippen LogP contribution in [0.2, 0.25) is 0 Å². The molecule has 1 heteroatoms. The molecule has 1 fully saturated rings. The van der Waals surface area contributed by atoms with Gasteiger partial charge in [-0.25, -0.2) is 0 Å². The van der Waals surface area contributed by atoms with Gasteiger partial charge in [0.25, 0.3) is 0 Å². The van der Waals surface area contributed by atoms with E-state index in [0.29, 0.717) is 0 Å². The van der Waals surface area contributed by atoms with E-state index < -0.39 is 0 Å². The van der Waals surface area contributed by atoms with Crippen molar-refractivity contribution in [2.75, 3.05) is 20.1 Å². The molecule has 0 amide bonds. The Morgan fingerprint density at radius 3 is 2.93 bits per heavy atom. The van der Waals surface area contributed by atoms with Crippen LogP contribution in [0.5, 0.6) is 0 Å². The van der Waals surface area contributed by atoms with Crippen LogP contribution in [-0.2, 0) is 0 Å². The molecule has 1 saturated heterocycles. The second-order valence-electron chi connectivity index (χ2n) is 4.34. The zero-order valence-corrected chi connectivity index (χ0v) is 9.41. The predicted molar refractivity (Wildman–Crippen MR) is 63.4 cm³/mol. The van der Waals surface area contributed by atoms with Crippen molar-refractivity contribution >= 4 is 0 Å². The highest BCUT2D eigenvalue weighted by Crippen LogP contribution is 2.18. The molecular weight excluding hydrogens is 170 g/mol. The van der Waals surface area contributed by atoms with E-state index in [1.54, 1.807) is 0 Å². The fourth-order valence-electron chi connectivity index (χ4n) is 2.09. The van der Waals surface area contributed by atoms with Crippen LogP contribution in [0.3, 0.4) is 0 Å². The third-order valence-electron chi connectivity index (χ3n) is 2.90. The first-order valence-corrected chi connectivity index (χ1v) is 5.77. The summed E-state index contributed by atoms with van der Waals surface area (Å²) in [5, 5.41) is 0. The molecular formula is C13H23N. The average Bonchev–Trinajstić information content (AvgIpc) is 2.18. The van der Waals surface area contributed by atoms with Crippen LogP contribution < -0.4 is 0 Å². The fourth-order valence-corrected chi connectivity index (χ4v) is 2.09. The monoisotopic (exact) mass is 193 g/mol. The van der Waals surface area contributed by atoms with E-state index in [1.165, 1.54) is 32.4 Å². The molecule has 0 spiro atoms. The minimum absolute atomic E-state index is 0.897. The third kappa shape index (κ3) is 4.61. The molecule has 0 aromatic heterocycles. The summed E-state index contributed by atoms with van der Waals surface area (Å²) < 4.78 is 0. The van der Waals surface area contributed by atoms with E-state index in [-0.39, 0.29) is 0 Å². The van der Waals surface area contributed by atoms with Crippen molar-refractivity contribution in [2.24, 2.45) is 5.92 Å². The Kier molecular flexibility index (Phi) is 5.62. The summed E-state index contributed by atoms with van der Waals surface area (Å²) in [6.07, 6.45) is 13.0. The Balaban J connectivity index is 2.10. The van der Waals surface area contributed by atoms with Gasteiger partial charge in [-0.15, -0.1) is 6.58 Å². The van der Waals surface area contributed by atoms with Gasteiger partial charge in [0, 0.05) is 6.54 Å². The maximum absolute atomic E-state index is 3.72. The quantitative estimate of drug-likeness (QED) is 0.478. The maximum atomic E-state index is 3.72. The molecule has 1 rings (SSSR count). The molecule has 1 unspecified atom stereocenters. The van der Waals surface area contributed by atoms with Crippen LogP contribution in [0.15, 0.2) is 24.8 Å². The molecule has 1 nitrogen and oxygen atoms in total. The number of hydrogen-bond donors (Lipinski definition) is 0. The van der Waals surface area contributed by atoms with Crippen molar-refractivity contribution in [3.05, 3.63) is 24.8 Å². The molecule has 1 heterocycles. The summed E-state index contributed by atoms with van der Waals surface area (Å²) >= 11 is 0. The molecule has 1 atom stereocenters. The maximum Gasteiger partial charge on any atom is 0.000958 e. The van der Waals surface area contributed by atoms with Gasteiger partial charge >= 0.3 is 0 Å². The Hall–Kier alpha value is -0.560. The first-order valence-electron chi connectivity index (χ1n) is 5.77. The molecule has 0 radical (unpaired) electrons. The smallest absolute Gasteiger partial charge is 0.000958 e. The van der Waals surface area contributed by atoms with Gasteiger partial charge in [-0.2, -0.15) is 0 Å². The van der Waals surface area contributed by atoms with Gasteiger partial charge in [0.2, 0.25) is 0 Å². The lowest BCUT2D eigenvalue weighted by Gasteiger charge is -2.28. The van der Waals surface area contributed by atoms with Crippen LogP contribution >= 0.6 is 0 Å². The highest BCUT2D eigenvalue weighted by atomic mass is 15.1. The van der Waals surface area contributed by atoms with Crippen molar-refractivity contribution < 1.29 is 0 Å². The minimum Gasteiger partial charge on any atom is -0.306 e. The highest BCUT2D eigenvalue weighted by Gasteiger charge is 2.15. The summed E-state index contributed by atoms with van der Waals surface area (Å²) in [6, 6.07) is 0. The van der Waals surface area contributed by atoms with Crippen molar-refractivity contribution in [1.29, 1.82) is 0 Å². The molecule has 14 heavy (non-hydrogen) atoms. The molecule has 1 aliphatic heterocycles. The standard InChI is InChI=1S/C13H23N/c1-3-4-5-6-7-9-13-10-8-11-14(2)12-13/h3,6-7,13H,1,4-5,8-12H2,2H3/b7-6-. The van der Waals surface area contributed by atoms with Gasteiger partial charge in [0.1, 0.15) is 0 Å². The lowest BCUT2D eigenvalue weighted by molar-refractivity contribution is 0.211. The molecule has 80 valence electrons. The Bertz CT molecular complexity index is 184. The Labute approximate surface area is 88.5 Å². The van der Waals surface area contributed by atoms with Gasteiger partial charge in [-0.1, -0.05) is 18.2 Å². The number of allylic oxidation sites excluding steroid dienone is 3. The summed E-state index contributed by atoms with van der Waals surface area (Å²) in [4.78, 5) is 2.45. The largest absolute Gasteiger partial charge is 0.306 e. The zero-order chi connectivity index (χ0) is 10.2. The Morgan fingerprint density at radius 1 is 1.36 bits per heavy atom. The number of rotatable bonds is 5. The van der Waals surface area contributed by atoms with Gasteiger partial charge in [-0.05, 0) is 51.6 Å². The summed E-state index contributed by atoms with van der Waals surface area (Å²) in [5.41, 5.74) is 0. The molecule has 0 aromatic carbocycles. The van der Waals surface area contributed by atoms with Crippen LogP contribution in [0, 0.1) is 5.92 Å². The van der Waals surface area contributed by atoms with Gasteiger partial charge in [0.15, 0.2) is 0 Å². The summed E-state index contributed by atoms with van der Waals surface area (Å²) in [6.45, 7) is 6.29. The van der Waals surface area contributed by atoms with Crippen molar-refractivity contribution in [3.63, 3.8) is 0 Å². The third-order valence-corrected chi connectivity index (χ3v) is 2.90. The number of unbranched alkanes of at least 4 members (excludes halogenated alkanes) is 1. The van der Waals surface area contributed by atoms with E-state index >= 15 is 0 Å². The van der Waals surface area contributed by atoms with E-state index in [4.69, 9.17) is 0 Å². The van der Waals surface area contributed by atoms with Crippen molar-refractivity contribution in [2.45, 2.75) is 32.1 Å². The number of nitrogens with zero attached hydrogens (tertiary/aromatic N) is 1. The van der Waals surface area contributed by atoms with Crippen molar-refractivity contribution in [3.8, 4) is 0 Å². The van der Waals surface area contributed by atoms with Gasteiger partial charge < -0.3 is 4.90 Å². The van der Waals surface area contributed by atoms with E-state index in [1.807, 2.05) is 6.08 Å². The molecule has 0 aliphatic carbocycles. The predicted octanol–water partition coefficient (Wildman–Crippen LogP) is 3.24. The lowest BCUT2D eigenvalue weighted by Crippen LogP contribution is -2.31. The van der Waals surface area contributed by atoms with Crippen LogP contribution in [-0.4, -0.2) is 25.0 Å². The number of piperidine rings is 1. The van der Waals surface area contributed by atoms with Crippen LogP contribution in [0.1, 0.15) is 32.1 Å². The molecule has 0 saturated carbocycles. The topological polar surface area (TPSA) is 3.24 Å². The second kappa shape index (κ2) is 6.83. The molecule has 0 bridgehead atoms. The fraction of sp³-hybridized carbons (Fsp3) is 0.692. The molecule has 0 N–H and O–H groups in total. The number of likely N-dealkylation sites (tertiary alicyclic amines) is 1. The first-order chi connectivity index (χ1) is 6.83. The number of hydrogen-bond acceptors (Lipinski definition) is 1. The summed E-state index contributed by atoms with van der Waals surface area (Å²) in [7, 11) is 2.23. The van der Waals surface area contributed by atoms with E-state index in [2.05, 4.69) is 30.7 Å². The normalized spacial score (nSPS) is 24.2. The second-order valence-corrected chi connectivity index (χ2v) is 4.34. The molecule has 0 aromatic rings. The van der Waals surface area contributed by atoms with E-state index in [9.17, 15) is 0 Å². The first kappa shape index (κ1) is 11.5. The van der Waals surface area contributed by atoms with Crippen LogP contribution in [0.4, 0.5) is 0 Å². The minimum atomic E-state index is 0.897. The van der Waals surface area contributed by atoms with Crippen molar-refractivity contribution in [1.82, 2.24) is 4.90 Å². The van der Waals surface area contributed by atoms with Gasteiger partial charge in [0.05, 0.1) is 0 Å². The molecule has 1 aliphatic rings. The average molecular weight is 193 g/mol. The zero-order valence-electron chi connectivity index (χ0n) is 9.41. The highest BCUT2D eigenvalue weighted by molar-refractivity contribution is 4.87. The van der Waals surface area contributed by atoms with Gasteiger partial charge in [-0.3, -0.25) is 0 Å². The van der Waals surface area contributed by atoms with Crippen LogP contribution in [0.25, 0.3) is 0 Å². The Morgan fingerprint density at radius 2 is 2.21 bits per heavy atom. The van der Waals surface area contributed by atoms with E-state index in [0.717, 1.165) is 18.8 Å². The SMILES string of the molecule is C=CCC/C=C\CC1CCCN(C)C1. The summed E-state index contributed by atoms with van der Waals surface area (Å²) in [5.74, 6) is 0.897.